The van der Waals surface area contributed by atoms with Gasteiger partial charge in [0.15, 0.2) is 0 Å². The van der Waals surface area contributed by atoms with Gasteiger partial charge in [0.05, 0.1) is 16.5 Å². The molecule has 0 bridgehead atoms. The third kappa shape index (κ3) is 2.43. The average molecular weight is 298 g/mol. The molecule has 0 spiro atoms. The number of nitrogens with zero attached hydrogens (tertiary/aromatic N) is 4. The van der Waals surface area contributed by atoms with Crippen LogP contribution in [0.2, 0.25) is 0 Å². The third-order valence-electron chi connectivity index (χ3n) is 3.23. The van der Waals surface area contributed by atoms with E-state index in [1.165, 1.54) is 10.6 Å². The summed E-state index contributed by atoms with van der Waals surface area (Å²) in [5.41, 5.74) is 0.945. The first kappa shape index (κ1) is 12.8. The predicted octanol–water partition coefficient (Wildman–Crippen LogP) is 0.773. The highest BCUT2D eigenvalue weighted by atomic mass is 32.2. The van der Waals surface area contributed by atoms with Crippen LogP contribution in [-0.4, -0.2) is 55.1 Å². The van der Waals surface area contributed by atoms with E-state index in [-0.39, 0.29) is 0 Å². The van der Waals surface area contributed by atoms with Gasteiger partial charge in [-0.15, -0.1) is 11.3 Å². The molecule has 1 aliphatic heterocycles. The van der Waals surface area contributed by atoms with Crippen LogP contribution in [-0.2, 0) is 10.0 Å². The van der Waals surface area contributed by atoms with Gasteiger partial charge in [-0.25, -0.2) is 18.4 Å². The lowest BCUT2D eigenvalue weighted by Gasteiger charge is -2.34. The molecule has 102 valence electrons. The minimum Gasteiger partial charge on any atom is -0.353 e. The molecule has 1 aliphatic rings. The Hall–Kier alpha value is -1.25. The average Bonchev–Trinajstić information content (AvgIpc) is 2.86. The second-order valence-electron chi connectivity index (χ2n) is 4.48. The van der Waals surface area contributed by atoms with Gasteiger partial charge in [0.25, 0.3) is 0 Å². The zero-order chi connectivity index (χ0) is 13.5. The number of hydrogen-bond donors (Lipinski definition) is 0. The second kappa shape index (κ2) is 4.69. The fourth-order valence-corrected chi connectivity index (χ4v) is 3.92. The van der Waals surface area contributed by atoms with Crippen molar-refractivity contribution in [2.75, 3.05) is 37.3 Å². The summed E-state index contributed by atoms with van der Waals surface area (Å²) in [5, 5.41) is 2.00. The molecule has 0 atom stereocenters. The van der Waals surface area contributed by atoms with Crippen molar-refractivity contribution in [3.8, 4) is 0 Å². The van der Waals surface area contributed by atoms with Crippen LogP contribution in [0.25, 0.3) is 10.2 Å². The van der Waals surface area contributed by atoms with Crippen molar-refractivity contribution >= 4 is 37.4 Å². The molecular formula is C11H14N4O2S2. The maximum absolute atomic E-state index is 11.5. The standard InChI is InChI=1S/C11H14N4O2S2/c1-19(16,17)15-5-3-14(4-6-15)11-10-9(2-7-18-10)12-8-13-11/h2,7-8H,3-6H2,1H3. The Bertz CT molecular complexity index is 690. The van der Waals surface area contributed by atoms with E-state index in [0.29, 0.717) is 26.2 Å². The van der Waals surface area contributed by atoms with E-state index in [9.17, 15) is 8.42 Å². The molecular weight excluding hydrogens is 284 g/mol. The second-order valence-corrected chi connectivity index (χ2v) is 7.38. The third-order valence-corrected chi connectivity index (χ3v) is 5.43. The molecule has 19 heavy (non-hydrogen) atoms. The molecule has 0 unspecified atom stereocenters. The number of sulfonamides is 1. The van der Waals surface area contributed by atoms with Gasteiger partial charge in [-0.05, 0) is 11.4 Å². The van der Waals surface area contributed by atoms with Gasteiger partial charge >= 0.3 is 0 Å². The van der Waals surface area contributed by atoms with Crippen LogP contribution < -0.4 is 4.90 Å². The van der Waals surface area contributed by atoms with Crippen LogP contribution >= 0.6 is 11.3 Å². The number of fused-ring (bicyclic) bond motifs is 1. The summed E-state index contributed by atoms with van der Waals surface area (Å²) in [4.78, 5) is 10.7. The van der Waals surface area contributed by atoms with E-state index < -0.39 is 10.0 Å². The summed E-state index contributed by atoms with van der Waals surface area (Å²) in [7, 11) is -3.09. The first-order valence-electron chi connectivity index (χ1n) is 5.94. The summed E-state index contributed by atoms with van der Waals surface area (Å²) in [6.07, 6.45) is 2.82. The van der Waals surface area contributed by atoms with Crippen LogP contribution in [0.15, 0.2) is 17.8 Å². The highest BCUT2D eigenvalue weighted by Gasteiger charge is 2.25. The van der Waals surface area contributed by atoms with Crippen molar-refractivity contribution in [1.29, 1.82) is 0 Å². The molecule has 2 aromatic heterocycles. The number of hydrogen-bond acceptors (Lipinski definition) is 6. The van der Waals surface area contributed by atoms with Crippen molar-refractivity contribution in [3.63, 3.8) is 0 Å². The Morgan fingerprint density at radius 3 is 2.63 bits per heavy atom. The molecule has 8 heteroatoms. The Balaban J connectivity index is 1.84. The van der Waals surface area contributed by atoms with Crippen LogP contribution in [0.4, 0.5) is 5.82 Å². The molecule has 2 aromatic rings. The van der Waals surface area contributed by atoms with Gasteiger partial charge in [-0.2, -0.15) is 4.31 Å². The van der Waals surface area contributed by atoms with Gasteiger partial charge in [-0.1, -0.05) is 0 Å². The van der Waals surface area contributed by atoms with Crippen LogP contribution in [0.3, 0.4) is 0 Å². The molecule has 3 heterocycles. The zero-order valence-electron chi connectivity index (χ0n) is 10.5. The summed E-state index contributed by atoms with van der Waals surface area (Å²) in [6.45, 7) is 2.35. The van der Waals surface area contributed by atoms with E-state index in [1.54, 1.807) is 17.7 Å². The van der Waals surface area contributed by atoms with Crippen LogP contribution in [0.5, 0.6) is 0 Å². The summed E-state index contributed by atoms with van der Waals surface area (Å²) < 4.78 is 25.5. The maximum atomic E-state index is 11.5. The number of rotatable bonds is 2. The quantitative estimate of drug-likeness (QED) is 0.819. The minimum atomic E-state index is -3.09. The van der Waals surface area contributed by atoms with Gasteiger partial charge in [0.2, 0.25) is 10.0 Å². The van der Waals surface area contributed by atoms with Gasteiger partial charge in [-0.3, -0.25) is 0 Å². The number of anilines is 1. The van der Waals surface area contributed by atoms with Gasteiger partial charge in [0, 0.05) is 26.2 Å². The zero-order valence-corrected chi connectivity index (χ0v) is 12.1. The van der Waals surface area contributed by atoms with Crippen molar-refractivity contribution in [1.82, 2.24) is 14.3 Å². The Labute approximate surface area is 115 Å². The predicted molar refractivity (Wildman–Crippen MR) is 76.0 cm³/mol. The molecule has 0 aromatic carbocycles. The van der Waals surface area contributed by atoms with Crippen molar-refractivity contribution in [3.05, 3.63) is 17.8 Å². The monoisotopic (exact) mass is 298 g/mol. The van der Waals surface area contributed by atoms with E-state index in [1.807, 2.05) is 11.4 Å². The molecule has 0 aliphatic carbocycles. The lowest BCUT2D eigenvalue weighted by atomic mass is 10.3. The van der Waals surface area contributed by atoms with Crippen molar-refractivity contribution in [2.45, 2.75) is 0 Å². The van der Waals surface area contributed by atoms with Crippen molar-refractivity contribution in [2.24, 2.45) is 0 Å². The number of aromatic nitrogens is 2. The Morgan fingerprint density at radius 2 is 1.95 bits per heavy atom. The maximum Gasteiger partial charge on any atom is 0.211 e. The van der Waals surface area contributed by atoms with Gasteiger partial charge < -0.3 is 4.90 Å². The largest absolute Gasteiger partial charge is 0.353 e. The molecule has 0 saturated carbocycles. The Morgan fingerprint density at radius 1 is 1.21 bits per heavy atom. The first-order chi connectivity index (χ1) is 9.05. The van der Waals surface area contributed by atoms with E-state index in [4.69, 9.17) is 0 Å². The van der Waals surface area contributed by atoms with Gasteiger partial charge in [0.1, 0.15) is 12.1 Å². The highest BCUT2D eigenvalue weighted by molar-refractivity contribution is 7.88. The molecule has 1 saturated heterocycles. The topological polar surface area (TPSA) is 66.4 Å². The lowest BCUT2D eigenvalue weighted by Crippen LogP contribution is -2.48. The van der Waals surface area contributed by atoms with Crippen LogP contribution in [0.1, 0.15) is 0 Å². The summed E-state index contributed by atoms with van der Waals surface area (Å²) in [6, 6.07) is 1.97. The molecule has 3 rings (SSSR count). The fraction of sp³-hybridized carbons (Fsp3) is 0.455. The highest BCUT2D eigenvalue weighted by Crippen LogP contribution is 2.28. The molecule has 0 N–H and O–H groups in total. The SMILES string of the molecule is CS(=O)(=O)N1CCN(c2ncnc3ccsc23)CC1. The molecule has 0 amide bonds. The minimum absolute atomic E-state index is 0.510. The van der Waals surface area contributed by atoms with E-state index >= 15 is 0 Å². The lowest BCUT2D eigenvalue weighted by molar-refractivity contribution is 0.387. The Kier molecular flexibility index (Phi) is 3.15. The molecule has 0 radical (unpaired) electrons. The molecule has 1 fully saturated rings. The normalized spacial score (nSPS) is 18.1. The van der Waals surface area contributed by atoms with E-state index in [0.717, 1.165) is 16.0 Å². The first-order valence-corrected chi connectivity index (χ1v) is 8.67. The van der Waals surface area contributed by atoms with E-state index in [2.05, 4.69) is 14.9 Å². The summed E-state index contributed by atoms with van der Waals surface area (Å²) in [5.74, 6) is 0.910. The fourth-order valence-electron chi connectivity index (χ4n) is 2.23. The smallest absolute Gasteiger partial charge is 0.211 e. The molecule has 6 nitrogen and oxygen atoms in total. The van der Waals surface area contributed by atoms with Crippen LogP contribution in [0, 0.1) is 0 Å². The van der Waals surface area contributed by atoms with Crippen molar-refractivity contribution < 1.29 is 8.42 Å². The number of piperazine rings is 1. The number of thiophene rings is 1. The summed E-state index contributed by atoms with van der Waals surface area (Å²) >= 11 is 1.62.